The minimum atomic E-state index is -0.744. The van der Waals surface area contributed by atoms with Gasteiger partial charge < -0.3 is 15.4 Å². The maximum atomic E-state index is 12.8. The van der Waals surface area contributed by atoms with Gasteiger partial charge in [-0.25, -0.2) is 0 Å². The molecule has 19 heavy (non-hydrogen) atoms. The summed E-state index contributed by atoms with van der Waals surface area (Å²) in [7, 11) is 1.65. The molecule has 0 aliphatic heterocycles. The van der Waals surface area contributed by atoms with E-state index in [0.717, 1.165) is 0 Å². The van der Waals surface area contributed by atoms with Gasteiger partial charge >= 0.3 is 0 Å². The lowest BCUT2D eigenvalue weighted by atomic mass is 9.85. The number of rotatable bonds is 8. The van der Waals surface area contributed by atoms with Gasteiger partial charge in [-0.2, -0.15) is 0 Å². The second kappa shape index (κ2) is 6.66. The van der Waals surface area contributed by atoms with Crippen LogP contribution in [0.2, 0.25) is 0 Å². The fourth-order valence-electron chi connectivity index (χ4n) is 2.26. The van der Waals surface area contributed by atoms with E-state index in [0.29, 0.717) is 25.5 Å². The van der Waals surface area contributed by atoms with E-state index in [-0.39, 0.29) is 16.9 Å². The third-order valence-corrected chi connectivity index (χ3v) is 4.77. The highest BCUT2D eigenvalue weighted by Crippen LogP contribution is 2.37. The molecule has 0 spiro atoms. The first-order valence-corrected chi connectivity index (χ1v) is 7.39. The highest BCUT2D eigenvalue weighted by Gasteiger charge is 2.42. The molecule has 0 bridgehead atoms. The van der Waals surface area contributed by atoms with Crippen molar-refractivity contribution >= 4 is 23.1 Å². The zero-order valence-electron chi connectivity index (χ0n) is 12.4. The molecule has 0 aromatic heterocycles. The summed E-state index contributed by atoms with van der Waals surface area (Å²) in [5, 5.41) is 0. The number of carbonyl (C=O) groups excluding carboxylic acids is 1. The molecule has 1 amide bonds. The fraction of sp³-hybridized carbons (Fsp3) is 0.857. The second-order valence-electron chi connectivity index (χ2n) is 5.62. The molecule has 0 aromatic rings. The first kappa shape index (κ1) is 16.4. The molecule has 4 nitrogen and oxygen atoms in total. The summed E-state index contributed by atoms with van der Waals surface area (Å²) >= 11 is 5.10. The van der Waals surface area contributed by atoms with Crippen molar-refractivity contribution in [2.24, 2.45) is 17.1 Å². The Morgan fingerprint density at radius 3 is 2.53 bits per heavy atom. The Kier molecular flexibility index (Phi) is 5.74. The number of methoxy groups -OCH3 is 1. The molecule has 5 heteroatoms. The van der Waals surface area contributed by atoms with Gasteiger partial charge in [-0.1, -0.05) is 19.1 Å². The van der Waals surface area contributed by atoms with E-state index in [1.807, 2.05) is 18.7 Å². The summed E-state index contributed by atoms with van der Waals surface area (Å²) < 4.78 is 5.12. The van der Waals surface area contributed by atoms with E-state index in [1.165, 1.54) is 12.8 Å². The monoisotopic (exact) mass is 286 g/mol. The zero-order valence-corrected chi connectivity index (χ0v) is 13.3. The highest BCUT2D eigenvalue weighted by molar-refractivity contribution is 7.80. The van der Waals surface area contributed by atoms with Crippen LogP contribution in [-0.4, -0.2) is 42.1 Å². The molecular formula is C14H26N2O2S. The molecule has 1 aliphatic carbocycles. The van der Waals surface area contributed by atoms with E-state index >= 15 is 0 Å². The Labute approximate surface area is 121 Å². The maximum absolute atomic E-state index is 12.8. The zero-order chi connectivity index (χ0) is 14.6. The Balaban J connectivity index is 2.88. The van der Waals surface area contributed by atoms with Crippen molar-refractivity contribution < 1.29 is 9.53 Å². The summed E-state index contributed by atoms with van der Waals surface area (Å²) in [6.45, 7) is 7.05. The van der Waals surface area contributed by atoms with Gasteiger partial charge in [-0.3, -0.25) is 4.79 Å². The minimum absolute atomic E-state index is 0.0407. The van der Waals surface area contributed by atoms with Crippen LogP contribution in [-0.2, 0) is 9.53 Å². The predicted molar refractivity (Wildman–Crippen MR) is 81.0 cm³/mol. The predicted octanol–water partition coefficient (Wildman–Crippen LogP) is 1.96. The molecule has 0 radical (unpaired) electrons. The van der Waals surface area contributed by atoms with E-state index < -0.39 is 5.41 Å². The second-order valence-corrected chi connectivity index (χ2v) is 6.06. The minimum Gasteiger partial charge on any atom is -0.392 e. The van der Waals surface area contributed by atoms with Gasteiger partial charge in [0.2, 0.25) is 5.91 Å². The molecule has 1 saturated carbocycles. The van der Waals surface area contributed by atoms with Crippen molar-refractivity contribution in [2.75, 3.05) is 20.3 Å². The molecule has 2 unspecified atom stereocenters. The van der Waals surface area contributed by atoms with Gasteiger partial charge in [-0.15, -0.1) is 0 Å². The van der Waals surface area contributed by atoms with Crippen LogP contribution < -0.4 is 5.73 Å². The third kappa shape index (κ3) is 3.66. The molecule has 0 saturated heterocycles. The number of amides is 1. The molecule has 1 aliphatic rings. The summed E-state index contributed by atoms with van der Waals surface area (Å²) in [5.74, 6) is 0.659. The topological polar surface area (TPSA) is 55.6 Å². The van der Waals surface area contributed by atoms with E-state index in [1.54, 1.807) is 7.11 Å². The van der Waals surface area contributed by atoms with E-state index in [4.69, 9.17) is 22.7 Å². The van der Waals surface area contributed by atoms with Gasteiger partial charge in [-0.05, 0) is 39.0 Å². The van der Waals surface area contributed by atoms with Gasteiger partial charge in [0.15, 0.2) is 0 Å². The highest BCUT2D eigenvalue weighted by atomic mass is 32.1. The first-order chi connectivity index (χ1) is 8.88. The third-order valence-electron chi connectivity index (χ3n) is 4.32. The van der Waals surface area contributed by atoms with Crippen LogP contribution in [0.3, 0.4) is 0 Å². The number of thiocarbonyl (C=S) groups is 1. The van der Waals surface area contributed by atoms with Crippen molar-refractivity contribution in [3.8, 4) is 0 Å². The molecular weight excluding hydrogens is 260 g/mol. The van der Waals surface area contributed by atoms with Crippen LogP contribution in [0, 0.1) is 11.3 Å². The lowest BCUT2D eigenvalue weighted by Gasteiger charge is -2.37. The number of nitrogens with zero attached hydrogens (tertiary/aromatic N) is 1. The van der Waals surface area contributed by atoms with Crippen molar-refractivity contribution in [1.29, 1.82) is 0 Å². The van der Waals surface area contributed by atoms with Crippen molar-refractivity contribution in [2.45, 2.75) is 46.1 Å². The van der Waals surface area contributed by atoms with Crippen molar-refractivity contribution in [3.63, 3.8) is 0 Å². The van der Waals surface area contributed by atoms with Gasteiger partial charge in [0.05, 0.1) is 17.0 Å². The summed E-state index contributed by atoms with van der Waals surface area (Å²) in [4.78, 5) is 15.0. The smallest absolute Gasteiger partial charge is 0.235 e. The molecule has 2 atom stereocenters. The van der Waals surface area contributed by atoms with Crippen LogP contribution >= 0.6 is 12.2 Å². The van der Waals surface area contributed by atoms with Crippen LogP contribution in [0.15, 0.2) is 0 Å². The first-order valence-electron chi connectivity index (χ1n) is 6.98. The standard InChI is InChI=1S/C14H26N2O2S/c1-5-14(3,12(15)19)13(17)16(8-9-18-4)10(2)11-6-7-11/h10-11H,5-9H2,1-4H3,(H2,15,19). The molecule has 1 fully saturated rings. The SMILES string of the molecule is CCC(C)(C(=O)N(CCOC)C(C)C1CC1)C(N)=S. The van der Waals surface area contributed by atoms with Crippen LogP contribution in [0.1, 0.15) is 40.0 Å². The normalized spacial score (nSPS) is 19.6. The Morgan fingerprint density at radius 1 is 1.58 bits per heavy atom. The molecule has 0 aromatic carbocycles. The number of carbonyl (C=O) groups is 1. The van der Waals surface area contributed by atoms with Gasteiger partial charge in [0.25, 0.3) is 0 Å². The number of nitrogens with two attached hydrogens (primary N) is 1. The Bertz CT molecular complexity index is 344. The van der Waals surface area contributed by atoms with Crippen LogP contribution in [0.5, 0.6) is 0 Å². The number of hydrogen-bond acceptors (Lipinski definition) is 3. The maximum Gasteiger partial charge on any atom is 0.235 e. The fourth-order valence-corrected chi connectivity index (χ4v) is 2.49. The lowest BCUT2D eigenvalue weighted by molar-refractivity contribution is -0.141. The Morgan fingerprint density at radius 2 is 2.16 bits per heavy atom. The van der Waals surface area contributed by atoms with Crippen molar-refractivity contribution in [3.05, 3.63) is 0 Å². The molecule has 1 rings (SSSR count). The average molecular weight is 286 g/mol. The van der Waals surface area contributed by atoms with Crippen molar-refractivity contribution in [1.82, 2.24) is 4.90 Å². The summed E-state index contributed by atoms with van der Waals surface area (Å²) in [6, 6.07) is 0.239. The van der Waals surface area contributed by atoms with E-state index in [2.05, 4.69) is 6.92 Å². The average Bonchev–Trinajstić information content (AvgIpc) is 3.21. The molecule has 110 valence electrons. The number of hydrogen-bond donors (Lipinski definition) is 1. The Hall–Kier alpha value is -0.680. The molecule has 0 heterocycles. The van der Waals surface area contributed by atoms with Crippen LogP contribution in [0.4, 0.5) is 0 Å². The quantitative estimate of drug-likeness (QED) is 0.693. The van der Waals surface area contributed by atoms with E-state index in [9.17, 15) is 4.79 Å². The number of ether oxygens (including phenoxy) is 1. The lowest BCUT2D eigenvalue weighted by Crippen LogP contribution is -2.52. The van der Waals surface area contributed by atoms with Crippen LogP contribution in [0.25, 0.3) is 0 Å². The molecule has 2 N–H and O–H groups in total. The summed E-state index contributed by atoms with van der Waals surface area (Å²) in [5.41, 5.74) is 5.05. The van der Waals surface area contributed by atoms with Gasteiger partial charge in [0, 0.05) is 19.7 Å². The van der Waals surface area contributed by atoms with Gasteiger partial charge in [0.1, 0.15) is 0 Å². The largest absolute Gasteiger partial charge is 0.392 e. The summed E-state index contributed by atoms with van der Waals surface area (Å²) in [6.07, 6.45) is 3.03.